The summed E-state index contributed by atoms with van der Waals surface area (Å²) in [6, 6.07) is 16.5. The number of anilines is 3. The lowest BCUT2D eigenvalue weighted by atomic mass is 10.1. The van der Waals surface area contributed by atoms with E-state index in [9.17, 15) is 4.79 Å². The van der Waals surface area contributed by atoms with Crippen molar-refractivity contribution in [1.29, 1.82) is 0 Å². The predicted octanol–water partition coefficient (Wildman–Crippen LogP) is 3.38. The Balaban J connectivity index is 1.42. The number of nitrogens with zero attached hydrogens (tertiary/aromatic N) is 4. The second-order valence-electron chi connectivity index (χ2n) is 7.26. The zero-order chi connectivity index (χ0) is 20.2. The van der Waals surface area contributed by atoms with E-state index in [-0.39, 0.29) is 5.91 Å². The third-order valence-corrected chi connectivity index (χ3v) is 5.40. The van der Waals surface area contributed by atoms with E-state index in [1.165, 1.54) is 16.8 Å². The van der Waals surface area contributed by atoms with Crippen LogP contribution in [0.2, 0.25) is 0 Å². The summed E-state index contributed by atoms with van der Waals surface area (Å²) in [6.45, 7) is 7.16. The highest BCUT2D eigenvalue weighted by Crippen LogP contribution is 2.23. The largest absolute Gasteiger partial charge is 0.368 e. The average Bonchev–Trinajstić information content (AvgIpc) is 3.22. The fourth-order valence-corrected chi connectivity index (χ4v) is 3.65. The number of carbonyl (C=O) groups excluding carboxylic acids is 1. The monoisotopic (exact) mass is 390 g/mol. The van der Waals surface area contributed by atoms with Crippen LogP contribution in [-0.2, 0) is 6.42 Å². The molecule has 2 N–H and O–H groups in total. The lowest BCUT2D eigenvalue weighted by Crippen LogP contribution is -2.49. The molecule has 150 valence electrons. The predicted molar refractivity (Wildman–Crippen MR) is 115 cm³/mol. The van der Waals surface area contributed by atoms with Crippen LogP contribution in [-0.4, -0.2) is 52.4 Å². The minimum Gasteiger partial charge on any atom is -0.368 e. The minimum absolute atomic E-state index is 0.101. The first-order valence-corrected chi connectivity index (χ1v) is 10.0. The summed E-state index contributed by atoms with van der Waals surface area (Å²) in [5.41, 5.74) is 4.96. The molecule has 0 bridgehead atoms. The molecule has 4 rings (SSSR count). The van der Waals surface area contributed by atoms with E-state index in [0.717, 1.165) is 25.2 Å². The number of piperazine rings is 1. The SMILES string of the molecule is CCc1ccc(Nc2n[nH]nc2C(=O)N2CCN(c3ccccc3C)CC2)cc1. The molecule has 0 unspecified atom stereocenters. The van der Waals surface area contributed by atoms with Crippen LogP contribution in [0.4, 0.5) is 17.2 Å². The molecule has 7 heteroatoms. The van der Waals surface area contributed by atoms with E-state index >= 15 is 0 Å². The van der Waals surface area contributed by atoms with E-state index in [1.54, 1.807) is 0 Å². The number of nitrogens with one attached hydrogen (secondary N) is 2. The molecule has 7 nitrogen and oxygen atoms in total. The average molecular weight is 390 g/mol. The topological polar surface area (TPSA) is 77.1 Å². The highest BCUT2D eigenvalue weighted by atomic mass is 16.2. The molecular weight excluding hydrogens is 364 g/mol. The smallest absolute Gasteiger partial charge is 0.278 e. The molecule has 1 aromatic heterocycles. The van der Waals surface area contributed by atoms with Crippen LogP contribution in [0.5, 0.6) is 0 Å². The van der Waals surface area contributed by atoms with Crippen LogP contribution >= 0.6 is 0 Å². The van der Waals surface area contributed by atoms with E-state index in [4.69, 9.17) is 0 Å². The molecule has 0 spiro atoms. The quantitative estimate of drug-likeness (QED) is 0.698. The Kier molecular flexibility index (Phi) is 5.46. The zero-order valence-corrected chi connectivity index (χ0v) is 16.9. The molecule has 1 amide bonds. The molecule has 0 atom stereocenters. The van der Waals surface area contributed by atoms with Gasteiger partial charge < -0.3 is 15.1 Å². The number of H-pyrrole nitrogens is 1. The van der Waals surface area contributed by atoms with Gasteiger partial charge in [-0.1, -0.05) is 37.3 Å². The molecule has 3 aromatic rings. The third kappa shape index (κ3) is 4.08. The summed E-state index contributed by atoms with van der Waals surface area (Å²) in [5, 5.41) is 14.0. The Bertz CT molecular complexity index is 973. The van der Waals surface area contributed by atoms with Gasteiger partial charge in [-0.05, 0) is 42.7 Å². The fraction of sp³-hybridized carbons (Fsp3) is 0.318. The molecule has 2 heterocycles. The van der Waals surface area contributed by atoms with Gasteiger partial charge in [0.15, 0.2) is 11.5 Å². The van der Waals surface area contributed by atoms with Gasteiger partial charge in [-0.3, -0.25) is 4.79 Å². The van der Waals surface area contributed by atoms with Gasteiger partial charge in [0.25, 0.3) is 5.91 Å². The maximum Gasteiger partial charge on any atom is 0.278 e. The molecule has 0 aliphatic carbocycles. The van der Waals surface area contributed by atoms with E-state index < -0.39 is 0 Å². The van der Waals surface area contributed by atoms with Crippen molar-refractivity contribution in [2.45, 2.75) is 20.3 Å². The number of aryl methyl sites for hydroxylation is 2. The van der Waals surface area contributed by atoms with E-state index in [1.807, 2.05) is 23.1 Å². The summed E-state index contributed by atoms with van der Waals surface area (Å²) in [6.07, 6.45) is 0.989. The van der Waals surface area contributed by atoms with Crippen LogP contribution in [0.15, 0.2) is 48.5 Å². The maximum atomic E-state index is 13.0. The van der Waals surface area contributed by atoms with Crippen LogP contribution in [0.3, 0.4) is 0 Å². The van der Waals surface area contributed by atoms with Gasteiger partial charge in [0.1, 0.15) is 0 Å². The number of hydrogen-bond acceptors (Lipinski definition) is 5. The summed E-state index contributed by atoms with van der Waals surface area (Å²) in [5.74, 6) is 0.358. The Morgan fingerprint density at radius 2 is 1.76 bits per heavy atom. The van der Waals surface area contributed by atoms with Gasteiger partial charge in [-0.25, -0.2) is 0 Å². The number of rotatable bonds is 5. The molecule has 1 fully saturated rings. The first kappa shape index (κ1) is 19.0. The van der Waals surface area contributed by atoms with Gasteiger partial charge in [0, 0.05) is 37.6 Å². The molecule has 0 radical (unpaired) electrons. The van der Waals surface area contributed by atoms with Crippen LogP contribution in [0.1, 0.15) is 28.5 Å². The van der Waals surface area contributed by atoms with Crippen LogP contribution in [0, 0.1) is 6.92 Å². The minimum atomic E-state index is -0.101. The number of aromatic nitrogens is 3. The molecule has 1 aliphatic heterocycles. The Hall–Kier alpha value is -3.35. The molecule has 1 aliphatic rings. The number of para-hydroxylation sites is 1. The second kappa shape index (κ2) is 8.34. The van der Waals surface area contributed by atoms with Crippen molar-refractivity contribution in [3.05, 3.63) is 65.4 Å². The van der Waals surface area contributed by atoms with Gasteiger partial charge in [-0.15, -0.1) is 10.2 Å². The lowest BCUT2D eigenvalue weighted by Gasteiger charge is -2.36. The summed E-state index contributed by atoms with van der Waals surface area (Å²) >= 11 is 0. The van der Waals surface area contributed by atoms with Gasteiger partial charge >= 0.3 is 0 Å². The molecule has 1 saturated heterocycles. The number of benzene rings is 2. The third-order valence-electron chi connectivity index (χ3n) is 5.40. The summed E-state index contributed by atoms with van der Waals surface area (Å²) in [4.78, 5) is 17.2. The van der Waals surface area contributed by atoms with Crippen molar-refractivity contribution in [3.63, 3.8) is 0 Å². The van der Waals surface area contributed by atoms with Gasteiger partial charge in [0.05, 0.1) is 0 Å². The molecule has 2 aromatic carbocycles. The molecular formula is C22H26N6O. The van der Waals surface area contributed by atoms with Gasteiger partial charge in [0.2, 0.25) is 0 Å². The van der Waals surface area contributed by atoms with Crippen molar-refractivity contribution in [1.82, 2.24) is 20.3 Å². The fourth-order valence-electron chi connectivity index (χ4n) is 3.65. The van der Waals surface area contributed by atoms with Crippen molar-refractivity contribution in [2.24, 2.45) is 0 Å². The van der Waals surface area contributed by atoms with Crippen molar-refractivity contribution in [2.75, 3.05) is 36.4 Å². The molecule has 0 saturated carbocycles. The van der Waals surface area contributed by atoms with Crippen LogP contribution < -0.4 is 10.2 Å². The summed E-state index contributed by atoms with van der Waals surface area (Å²) in [7, 11) is 0. The van der Waals surface area contributed by atoms with Gasteiger partial charge in [-0.2, -0.15) is 5.21 Å². The zero-order valence-electron chi connectivity index (χ0n) is 16.9. The second-order valence-corrected chi connectivity index (χ2v) is 7.26. The van der Waals surface area contributed by atoms with E-state index in [2.05, 4.69) is 69.8 Å². The first-order chi connectivity index (χ1) is 14.2. The molecule has 29 heavy (non-hydrogen) atoms. The number of hydrogen-bond donors (Lipinski definition) is 2. The first-order valence-electron chi connectivity index (χ1n) is 10.0. The number of carbonyl (C=O) groups is 1. The highest BCUT2D eigenvalue weighted by Gasteiger charge is 2.27. The normalized spacial score (nSPS) is 14.1. The standard InChI is InChI=1S/C22H26N6O/c1-3-17-8-10-18(11-9-17)23-21-20(24-26-25-21)22(29)28-14-12-27(13-15-28)19-7-5-4-6-16(19)2/h4-11H,3,12-15H2,1-2H3,(H2,23,24,25,26). The Morgan fingerprint density at radius 1 is 1.03 bits per heavy atom. The maximum absolute atomic E-state index is 13.0. The van der Waals surface area contributed by atoms with Crippen molar-refractivity contribution in [3.8, 4) is 0 Å². The summed E-state index contributed by atoms with van der Waals surface area (Å²) < 4.78 is 0. The Morgan fingerprint density at radius 3 is 2.45 bits per heavy atom. The Labute approximate surface area is 170 Å². The van der Waals surface area contributed by atoms with Crippen molar-refractivity contribution >= 4 is 23.1 Å². The van der Waals surface area contributed by atoms with Crippen LogP contribution in [0.25, 0.3) is 0 Å². The number of aromatic amines is 1. The lowest BCUT2D eigenvalue weighted by molar-refractivity contribution is 0.0742. The van der Waals surface area contributed by atoms with E-state index in [0.29, 0.717) is 24.6 Å². The number of amides is 1. The van der Waals surface area contributed by atoms with Crippen molar-refractivity contribution < 1.29 is 4.79 Å². The highest BCUT2D eigenvalue weighted by molar-refractivity contribution is 5.97.